The summed E-state index contributed by atoms with van der Waals surface area (Å²) in [6.45, 7) is 0. The quantitative estimate of drug-likeness (QED) is 0.814. The van der Waals surface area contributed by atoms with Gasteiger partial charge in [-0.15, -0.1) is 11.8 Å². The topological polar surface area (TPSA) is 21.6 Å². The van der Waals surface area contributed by atoms with Gasteiger partial charge in [0.2, 0.25) is 0 Å². The molecule has 1 heterocycles. The third kappa shape index (κ3) is 2.98. The van der Waals surface area contributed by atoms with Crippen molar-refractivity contribution in [3.8, 4) is 5.75 Å². The lowest BCUT2D eigenvalue weighted by molar-refractivity contribution is 0.414. The molecule has 2 aromatic rings. The maximum atomic E-state index is 5.35. The van der Waals surface area contributed by atoms with E-state index in [1.165, 1.54) is 16.7 Å². The van der Waals surface area contributed by atoms with Gasteiger partial charge in [0.25, 0.3) is 0 Å². The number of hydrogen-bond donors (Lipinski definition) is 0. The molecule has 0 aliphatic carbocycles. The van der Waals surface area contributed by atoms with Gasteiger partial charge in [0.05, 0.1) is 18.2 Å². The fraction of sp³-hybridized carbons (Fsp3) is 0.278. The highest BCUT2D eigenvalue weighted by atomic mass is 32.2. The molecule has 2 nitrogen and oxygen atoms in total. The molecule has 0 fully saturated rings. The highest BCUT2D eigenvalue weighted by Gasteiger charge is 2.19. The molecule has 3 rings (SSSR count). The molecule has 21 heavy (non-hydrogen) atoms. The molecular weight excluding hydrogens is 278 g/mol. The minimum Gasteiger partial charge on any atom is -0.497 e. The van der Waals surface area contributed by atoms with Crippen LogP contribution in [0.15, 0.2) is 53.5 Å². The van der Waals surface area contributed by atoms with E-state index >= 15 is 0 Å². The lowest BCUT2D eigenvalue weighted by Gasteiger charge is -2.11. The van der Waals surface area contributed by atoms with Crippen LogP contribution in [0.2, 0.25) is 0 Å². The second-order valence-corrected chi connectivity index (χ2v) is 5.92. The minimum atomic E-state index is 0.243. The van der Waals surface area contributed by atoms with Crippen LogP contribution >= 0.6 is 11.8 Å². The first-order chi connectivity index (χ1) is 10.3. The number of fused-ring (bicyclic) bond motifs is 1. The zero-order valence-corrected chi connectivity index (χ0v) is 13.2. The molecule has 2 aromatic carbocycles. The largest absolute Gasteiger partial charge is 0.497 e. The van der Waals surface area contributed by atoms with Crippen molar-refractivity contribution < 1.29 is 4.74 Å². The summed E-state index contributed by atoms with van der Waals surface area (Å²) in [5, 5.41) is 1.12. The molecule has 1 atom stereocenters. The molecule has 0 aromatic heterocycles. The standard InChI is InChI=1S/C18H19NOS/c1-20-15-9-10-16-14(12-15)8-11-17(19-18(16)21-2)13-6-4-3-5-7-13/h3-7,9-10,12,17H,8,11H2,1-2H3/t17-/m1/s1. The number of methoxy groups -OCH3 is 1. The average molecular weight is 297 g/mol. The van der Waals surface area contributed by atoms with Crippen molar-refractivity contribution in [1.29, 1.82) is 0 Å². The Morgan fingerprint density at radius 2 is 1.95 bits per heavy atom. The molecule has 0 spiro atoms. The van der Waals surface area contributed by atoms with Crippen LogP contribution in [-0.4, -0.2) is 18.4 Å². The van der Waals surface area contributed by atoms with Crippen LogP contribution in [0, 0.1) is 0 Å². The van der Waals surface area contributed by atoms with Crippen molar-refractivity contribution in [2.24, 2.45) is 4.99 Å². The summed E-state index contributed by atoms with van der Waals surface area (Å²) in [5.74, 6) is 0.923. The van der Waals surface area contributed by atoms with Crippen LogP contribution in [0.1, 0.15) is 29.2 Å². The van der Waals surface area contributed by atoms with E-state index in [1.807, 2.05) is 6.07 Å². The summed E-state index contributed by atoms with van der Waals surface area (Å²) in [5.41, 5.74) is 3.88. The van der Waals surface area contributed by atoms with E-state index < -0.39 is 0 Å². The van der Waals surface area contributed by atoms with Gasteiger partial charge in [-0.3, -0.25) is 4.99 Å². The number of thioether (sulfide) groups is 1. The summed E-state index contributed by atoms with van der Waals surface area (Å²) in [7, 11) is 1.72. The third-order valence-corrected chi connectivity index (χ3v) is 4.59. The highest BCUT2D eigenvalue weighted by Crippen LogP contribution is 2.32. The number of aryl methyl sites for hydroxylation is 1. The van der Waals surface area contributed by atoms with Crippen LogP contribution in [-0.2, 0) is 6.42 Å². The monoisotopic (exact) mass is 297 g/mol. The SMILES string of the molecule is COc1ccc2c(c1)CC[C@H](c1ccccc1)N=C2SC. The van der Waals surface area contributed by atoms with Gasteiger partial charge in [-0.2, -0.15) is 0 Å². The van der Waals surface area contributed by atoms with E-state index in [-0.39, 0.29) is 6.04 Å². The Morgan fingerprint density at radius 3 is 2.67 bits per heavy atom. The number of nitrogens with zero attached hydrogens (tertiary/aromatic N) is 1. The van der Waals surface area contributed by atoms with Crippen molar-refractivity contribution in [3.05, 3.63) is 65.2 Å². The zero-order valence-electron chi connectivity index (χ0n) is 12.4. The molecule has 0 bridgehead atoms. The Hall–Kier alpha value is -1.74. The van der Waals surface area contributed by atoms with Crippen molar-refractivity contribution in [1.82, 2.24) is 0 Å². The number of aliphatic imine (C=N–C) groups is 1. The van der Waals surface area contributed by atoms with Gasteiger partial charge in [0.15, 0.2) is 0 Å². The first-order valence-corrected chi connectivity index (χ1v) is 8.38. The molecule has 0 radical (unpaired) electrons. The number of benzene rings is 2. The van der Waals surface area contributed by atoms with E-state index in [2.05, 4.69) is 48.7 Å². The van der Waals surface area contributed by atoms with Gasteiger partial charge >= 0.3 is 0 Å². The maximum absolute atomic E-state index is 5.35. The zero-order chi connectivity index (χ0) is 14.7. The fourth-order valence-corrected chi connectivity index (χ4v) is 3.41. The van der Waals surface area contributed by atoms with Crippen molar-refractivity contribution in [2.75, 3.05) is 13.4 Å². The van der Waals surface area contributed by atoms with Crippen LogP contribution in [0.25, 0.3) is 0 Å². The van der Waals surface area contributed by atoms with Crippen LogP contribution < -0.4 is 4.74 Å². The summed E-state index contributed by atoms with van der Waals surface area (Å²) in [6, 6.07) is 17.1. The smallest absolute Gasteiger partial charge is 0.119 e. The second kappa shape index (κ2) is 6.35. The molecule has 1 aliphatic rings. The lowest BCUT2D eigenvalue weighted by Crippen LogP contribution is -1.99. The number of rotatable bonds is 2. The van der Waals surface area contributed by atoms with E-state index in [1.54, 1.807) is 18.9 Å². The maximum Gasteiger partial charge on any atom is 0.119 e. The number of hydrogen-bond acceptors (Lipinski definition) is 3. The van der Waals surface area contributed by atoms with Gasteiger partial charge in [-0.25, -0.2) is 0 Å². The first kappa shape index (κ1) is 14.2. The molecular formula is C18H19NOS. The van der Waals surface area contributed by atoms with Crippen LogP contribution in [0.3, 0.4) is 0 Å². The Morgan fingerprint density at radius 1 is 1.14 bits per heavy atom. The predicted molar refractivity (Wildman–Crippen MR) is 90.6 cm³/mol. The van der Waals surface area contributed by atoms with Crippen molar-refractivity contribution in [2.45, 2.75) is 18.9 Å². The third-order valence-electron chi connectivity index (χ3n) is 3.88. The average Bonchev–Trinajstić information content (AvgIpc) is 2.74. The molecule has 0 N–H and O–H groups in total. The van der Waals surface area contributed by atoms with Gasteiger partial charge < -0.3 is 4.74 Å². The summed E-state index contributed by atoms with van der Waals surface area (Å²) in [6.07, 6.45) is 4.16. The highest BCUT2D eigenvalue weighted by molar-refractivity contribution is 8.13. The Kier molecular flexibility index (Phi) is 4.30. The second-order valence-electron chi connectivity index (χ2n) is 5.13. The van der Waals surface area contributed by atoms with Crippen molar-refractivity contribution in [3.63, 3.8) is 0 Å². The van der Waals surface area contributed by atoms with E-state index in [0.717, 1.165) is 23.6 Å². The van der Waals surface area contributed by atoms with Gasteiger partial charge in [0, 0.05) is 5.56 Å². The van der Waals surface area contributed by atoms with E-state index in [9.17, 15) is 0 Å². The summed E-state index contributed by atoms with van der Waals surface area (Å²) >= 11 is 1.72. The number of ether oxygens (including phenoxy) is 1. The van der Waals surface area contributed by atoms with Gasteiger partial charge in [0.1, 0.15) is 5.75 Å². The van der Waals surface area contributed by atoms with Crippen LogP contribution in [0.4, 0.5) is 0 Å². The molecule has 0 amide bonds. The molecule has 3 heteroatoms. The molecule has 0 saturated carbocycles. The van der Waals surface area contributed by atoms with E-state index in [4.69, 9.17) is 9.73 Å². The lowest BCUT2D eigenvalue weighted by atomic mass is 9.99. The Bertz CT molecular complexity index is 652. The van der Waals surface area contributed by atoms with Crippen molar-refractivity contribution >= 4 is 16.8 Å². The van der Waals surface area contributed by atoms with E-state index in [0.29, 0.717) is 0 Å². The van der Waals surface area contributed by atoms with Gasteiger partial charge in [-0.1, -0.05) is 30.3 Å². The summed E-state index contributed by atoms with van der Waals surface area (Å²) in [4.78, 5) is 5.00. The minimum absolute atomic E-state index is 0.243. The summed E-state index contributed by atoms with van der Waals surface area (Å²) < 4.78 is 5.35. The Balaban J connectivity index is 2.00. The normalized spacial score (nSPS) is 17.6. The first-order valence-electron chi connectivity index (χ1n) is 7.16. The predicted octanol–water partition coefficient (Wildman–Crippen LogP) is 4.49. The van der Waals surface area contributed by atoms with Crippen LogP contribution in [0.5, 0.6) is 5.75 Å². The molecule has 0 saturated heterocycles. The molecule has 0 unspecified atom stereocenters. The van der Waals surface area contributed by atoms with Gasteiger partial charge in [-0.05, 0) is 48.4 Å². The molecule has 1 aliphatic heterocycles. The fourth-order valence-electron chi connectivity index (χ4n) is 2.76. The molecule has 108 valence electrons. The Labute approximate surface area is 130 Å².